The smallest absolute Gasteiger partial charge is 0.407 e. The summed E-state index contributed by atoms with van der Waals surface area (Å²) in [5.74, 6) is -2.79. The number of hydrogen-bond donors (Lipinski definition) is 5. The van der Waals surface area contributed by atoms with Gasteiger partial charge in [0, 0.05) is 18.9 Å². The molecule has 4 rings (SSSR count). The zero-order valence-electron chi connectivity index (χ0n) is 29.9. The van der Waals surface area contributed by atoms with Crippen molar-refractivity contribution in [2.75, 3.05) is 13.2 Å². The molecule has 5 N–H and O–H groups in total. The molecule has 4 amide bonds. The van der Waals surface area contributed by atoms with Crippen molar-refractivity contribution in [1.29, 1.82) is 0 Å². The number of carbonyl (C=O) groups is 5. The summed E-state index contributed by atoms with van der Waals surface area (Å²) in [4.78, 5) is 64.4. The number of amides is 4. The van der Waals surface area contributed by atoms with Gasteiger partial charge in [0.15, 0.2) is 0 Å². The Morgan fingerprint density at radius 1 is 0.769 bits per heavy atom. The first kappa shape index (κ1) is 39.1. The first-order valence-corrected chi connectivity index (χ1v) is 17.4. The first-order chi connectivity index (χ1) is 24.9. The molecule has 1 aliphatic rings. The molecule has 0 bridgehead atoms. The highest BCUT2D eigenvalue weighted by atomic mass is 16.6. The quantitative estimate of drug-likeness (QED) is 0.0907. The lowest BCUT2D eigenvalue weighted by molar-refractivity contribution is -0.142. The molecular weight excluding hydrogens is 664 g/mol. The predicted molar refractivity (Wildman–Crippen MR) is 197 cm³/mol. The Morgan fingerprint density at radius 2 is 1.35 bits per heavy atom. The Labute approximate surface area is 304 Å². The average molecular weight is 713 g/mol. The minimum Gasteiger partial charge on any atom is -0.480 e. The van der Waals surface area contributed by atoms with E-state index in [-0.39, 0.29) is 38.3 Å². The summed E-state index contributed by atoms with van der Waals surface area (Å²) in [7, 11) is 0. The van der Waals surface area contributed by atoms with E-state index < -0.39 is 53.7 Å². The highest BCUT2D eigenvalue weighted by Gasteiger charge is 2.32. The Bertz CT molecular complexity index is 1680. The molecule has 276 valence electrons. The van der Waals surface area contributed by atoms with Crippen molar-refractivity contribution in [3.8, 4) is 11.1 Å². The SMILES string of the molecule is C=CC[C@@H](NC(=O)[C@H](CCCCNC(=O)OC(C)(C)C)NC(=O)OCC1c2ccccc2-c2ccccc21)C(=O)N[C@H](Cc1ccccc1)C(=O)O. The van der Waals surface area contributed by atoms with Crippen LogP contribution in [0.25, 0.3) is 11.1 Å². The fourth-order valence-corrected chi connectivity index (χ4v) is 6.02. The molecule has 0 aliphatic heterocycles. The van der Waals surface area contributed by atoms with Gasteiger partial charge >= 0.3 is 18.2 Å². The summed E-state index contributed by atoms with van der Waals surface area (Å²) >= 11 is 0. The summed E-state index contributed by atoms with van der Waals surface area (Å²) < 4.78 is 11.0. The molecule has 12 nitrogen and oxygen atoms in total. The van der Waals surface area contributed by atoms with Crippen molar-refractivity contribution in [3.63, 3.8) is 0 Å². The van der Waals surface area contributed by atoms with Gasteiger partial charge in [0.1, 0.15) is 30.3 Å². The molecular formula is C40H48N4O8. The third-order valence-corrected chi connectivity index (χ3v) is 8.47. The molecule has 0 radical (unpaired) electrons. The number of benzene rings is 3. The van der Waals surface area contributed by atoms with Gasteiger partial charge in [0.25, 0.3) is 0 Å². The zero-order valence-corrected chi connectivity index (χ0v) is 29.9. The number of fused-ring (bicyclic) bond motifs is 3. The van der Waals surface area contributed by atoms with Gasteiger partial charge in [0.05, 0.1) is 0 Å². The van der Waals surface area contributed by atoms with E-state index >= 15 is 0 Å². The van der Waals surface area contributed by atoms with Crippen LogP contribution in [0.3, 0.4) is 0 Å². The van der Waals surface area contributed by atoms with Crippen LogP contribution in [-0.4, -0.2) is 72.0 Å². The van der Waals surface area contributed by atoms with Crippen LogP contribution in [0.5, 0.6) is 0 Å². The van der Waals surface area contributed by atoms with Gasteiger partial charge in [-0.25, -0.2) is 14.4 Å². The maximum atomic E-state index is 13.7. The molecule has 0 fully saturated rings. The molecule has 0 aromatic heterocycles. The Kier molecular flexibility index (Phi) is 14.0. The topological polar surface area (TPSA) is 172 Å². The molecule has 3 aromatic rings. The Morgan fingerprint density at radius 3 is 1.94 bits per heavy atom. The van der Waals surface area contributed by atoms with E-state index in [1.54, 1.807) is 51.1 Å². The number of carbonyl (C=O) groups excluding carboxylic acids is 4. The van der Waals surface area contributed by atoms with Gasteiger partial charge in [-0.05, 0) is 74.3 Å². The lowest BCUT2D eigenvalue weighted by Crippen LogP contribution is -2.56. The van der Waals surface area contributed by atoms with Crippen molar-refractivity contribution in [3.05, 3.63) is 108 Å². The van der Waals surface area contributed by atoms with Gasteiger partial charge in [0.2, 0.25) is 11.8 Å². The third-order valence-electron chi connectivity index (χ3n) is 8.47. The molecule has 0 spiro atoms. The molecule has 0 heterocycles. The monoisotopic (exact) mass is 712 g/mol. The number of unbranched alkanes of at least 4 members (excludes halogenated alkanes) is 1. The van der Waals surface area contributed by atoms with E-state index in [4.69, 9.17) is 9.47 Å². The second kappa shape index (κ2) is 18.5. The molecule has 52 heavy (non-hydrogen) atoms. The molecule has 3 aromatic carbocycles. The van der Waals surface area contributed by atoms with Crippen molar-refractivity contribution >= 4 is 30.0 Å². The van der Waals surface area contributed by atoms with Crippen molar-refractivity contribution in [2.45, 2.75) is 82.5 Å². The number of alkyl carbamates (subject to hydrolysis) is 2. The van der Waals surface area contributed by atoms with Crippen LogP contribution in [0.4, 0.5) is 9.59 Å². The van der Waals surface area contributed by atoms with Crippen LogP contribution in [0.1, 0.15) is 69.1 Å². The van der Waals surface area contributed by atoms with Gasteiger partial charge in [-0.15, -0.1) is 6.58 Å². The summed E-state index contributed by atoms with van der Waals surface area (Å²) in [5, 5.41) is 20.3. The van der Waals surface area contributed by atoms with E-state index in [9.17, 15) is 29.1 Å². The number of carboxylic acids is 1. The van der Waals surface area contributed by atoms with Gasteiger partial charge in [-0.3, -0.25) is 9.59 Å². The van der Waals surface area contributed by atoms with Gasteiger partial charge in [-0.2, -0.15) is 0 Å². The number of rotatable bonds is 17. The maximum Gasteiger partial charge on any atom is 0.407 e. The van der Waals surface area contributed by atoms with Crippen LogP contribution < -0.4 is 21.3 Å². The van der Waals surface area contributed by atoms with E-state index in [0.29, 0.717) is 18.4 Å². The Hall–Kier alpha value is -5.65. The van der Waals surface area contributed by atoms with Crippen molar-refractivity contribution < 1.29 is 38.6 Å². The maximum absolute atomic E-state index is 13.7. The van der Waals surface area contributed by atoms with E-state index in [1.165, 1.54) is 6.08 Å². The average Bonchev–Trinajstić information content (AvgIpc) is 3.42. The normalized spacial score (nSPS) is 13.7. The molecule has 3 atom stereocenters. The van der Waals surface area contributed by atoms with Gasteiger partial charge in [-0.1, -0.05) is 84.9 Å². The number of ether oxygens (including phenoxy) is 2. The van der Waals surface area contributed by atoms with Crippen molar-refractivity contribution in [1.82, 2.24) is 21.3 Å². The minimum atomic E-state index is -1.24. The highest BCUT2D eigenvalue weighted by Crippen LogP contribution is 2.44. The largest absolute Gasteiger partial charge is 0.480 e. The van der Waals surface area contributed by atoms with Gasteiger partial charge < -0.3 is 35.8 Å². The fourth-order valence-electron chi connectivity index (χ4n) is 6.02. The molecule has 0 unspecified atom stereocenters. The summed E-state index contributed by atoms with van der Waals surface area (Å²) in [5.41, 5.74) is 4.28. The molecule has 0 saturated heterocycles. The van der Waals surface area contributed by atoms with Crippen LogP contribution in [0, 0.1) is 0 Å². The van der Waals surface area contributed by atoms with Crippen LogP contribution in [0.2, 0.25) is 0 Å². The van der Waals surface area contributed by atoms with Crippen molar-refractivity contribution in [2.24, 2.45) is 0 Å². The van der Waals surface area contributed by atoms with E-state index in [1.807, 2.05) is 48.5 Å². The van der Waals surface area contributed by atoms with Crippen LogP contribution in [-0.2, 0) is 30.3 Å². The standard InChI is InChI=1S/C40H48N4O8/c1-5-15-32(35(45)43-34(37(47)48)24-26-16-7-6-8-17-26)42-36(46)33(22-13-14-23-41-38(49)52-40(2,3)4)44-39(50)51-25-31-29-20-11-9-18-27(29)28-19-10-12-21-30(28)31/h5-12,16-21,31-34H,1,13-15,22-25H2,2-4H3,(H,41,49)(H,42,46)(H,43,45)(H,44,50)(H,47,48)/t32-,33+,34-/m1/s1. The second-order valence-electron chi connectivity index (χ2n) is 13.6. The lowest BCUT2D eigenvalue weighted by atomic mass is 9.98. The molecule has 12 heteroatoms. The molecule has 0 saturated carbocycles. The van der Waals surface area contributed by atoms with Crippen LogP contribution in [0.15, 0.2) is 91.5 Å². The Balaban J connectivity index is 1.42. The zero-order chi connectivity index (χ0) is 37.7. The summed E-state index contributed by atoms with van der Waals surface area (Å²) in [6.45, 7) is 9.27. The van der Waals surface area contributed by atoms with Crippen LogP contribution >= 0.6 is 0 Å². The first-order valence-electron chi connectivity index (χ1n) is 17.4. The summed E-state index contributed by atoms with van der Waals surface area (Å²) in [6, 6.07) is 21.2. The second-order valence-corrected chi connectivity index (χ2v) is 13.6. The fraction of sp³-hybridized carbons (Fsp3) is 0.375. The number of hydrogen-bond acceptors (Lipinski definition) is 7. The lowest BCUT2D eigenvalue weighted by Gasteiger charge is -2.24. The molecule has 1 aliphatic carbocycles. The number of carboxylic acid groups (broad SMARTS) is 1. The third kappa shape index (κ3) is 11.4. The highest BCUT2D eigenvalue weighted by molar-refractivity contribution is 5.93. The predicted octanol–water partition coefficient (Wildman–Crippen LogP) is 5.46. The number of nitrogens with one attached hydrogen (secondary N) is 4. The van der Waals surface area contributed by atoms with E-state index in [0.717, 1.165) is 22.3 Å². The number of aliphatic carboxylic acids is 1. The summed E-state index contributed by atoms with van der Waals surface area (Å²) in [6.07, 6.45) is 1.14. The van der Waals surface area contributed by atoms with E-state index in [2.05, 4.69) is 27.8 Å². The minimum absolute atomic E-state index is 0.00667.